The molecule has 1 unspecified atom stereocenters. The number of benzene rings is 1. The molecule has 21 heavy (non-hydrogen) atoms. The zero-order chi connectivity index (χ0) is 16.0. The van der Waals surface area contributed by atoms with Crippen molar-refractivity contribution in [2.24, 2.45) is 5.92 Å². The maximum atomic E-state index is 12.0. The fraction of sp³-hybridized carbons (Fsp3) is 0.333. The van der Waals surface area contributed by atoms with Crippen LogP contribution < -0.4 is 0 Å². The molecule has 0 heterocycles. The molecule has 4 nitrogen and oxygen atoms in total. The van der Waals surface area contributed by atoms with Crippen molar-refractivity contribution in [1.29, 1.82) is 0 Å². The van der Waals surface area contributed by atoms with Crippen LogP contribution in [0.2, 0.25) is 10.0 Å². The minimum atomic E-state index is -0.377. The number of methoxy groups -OCH3 is 1. The molecule has 1 aromatic carbocycles. The van der Waals surface area contributed by atoms with E-state index < -0.39 is 0 Å². The number of nitrogens with zero attached hydrogens (tertiary/aromatic N) is 1. The zero-order valence-electron chi connectivity index (χ0n) is 12.1. The number of amides is 1. The Morgan fingerprint density at radius 2 is 1.86 bits per heavy atom. The average Bonchev–Trinajstić information content (AvgIpc) is 2.42. The number of carbonyl (C=O) groups excluding carboxylic acids is 2. The number of hydrogen-bond acceptors (Lipinski definition) is 3. The van der Waals surface area contributed by atoms with Crippen LogP contribution in [0.5, 0.6) is 0 Å². The summed E-state index contributed by atoms with van der Waals surface area (Å²) in [7, 11) is 2.94. The van der Waals surface area contributed by atoms with Crippen LogP contribution in [0.4, 0.5) is 0 Å². The van der Waals surface area contributed by atoms with Gasteiger partial charge in [-0.15, -0.1) is 0 Å². The van der Waals surface area contributed by atoms with Crippen LogP contribution in [0.15, 0.2) is 24.3 Å². The van der Waals surface area contributed by atoms with E-state index >= 15 is 0 Å². The number of esters is 1. The summed E-state index contributed by atoms with van der Waals surface area (Å²) in [4.78, 5) is 24.7. The lowest BCUT2D eigenvalue weighted by atomic mass is 10.1. The predicted octanol–water partition coefficient (Wildman–Crippen LogP) is 3.27. The second-order valence-corrected chi connectivity index (χ2v) is 5.55. The summed E-state index contributed by atoms with van der Waals surface area (Å²) in [5, 5.41) is 1.00. The van der Waals surface area contributed by atoms with Gasteiger partial charge in [-0.3, -0.25) is 9.59 Å². The summed E-state index contributed by atoms with van der Waals surface area (Å²) in [6.07, 6.45) is 3.03. The first-order valence-electron chi connectivity index (χ1n) is 6.30. The lowest BCUT2D eigenvalue weighted by molar-refractivity contribution is -0.145. The highest BCUT2D eigenvalue weighted by Gasteiger charge is 2.17. The van der Waals surface area contributed by atoms with Crippen molar-refractivity contribution < 1.29 is 14.3 Å². The zero-order valence-corrected chi connectivity index (χ0v) is 13.6. The summed E-state index contributed by atoms with van der Waals surface area (Å²) in [5.74, 6) is -0.944. The van der Waals surface area contributed by atoms with Crippen molar-refractivity contribution >= 4 is 41.2 Å². The van der Waals surface area contributed by atoms with Crippen molar-refractivity contribution in [3.63, 3.8) is 0 Å². The molecule has 0 spiro atoms. The lowest BCUT2D eigenvalue weighted by Crippen LogP contribution is -2.33. The first-order chi connectivity index (χ1) is 9.83. The Labute approximate surface area is 134 Å². The smallest absolute Gasteiger partial charge is 0.310 e. The van der Waals surface area contributed by atoms with Gasteiger partial charge in [-0.25, -0.2) is 0 Å². The highest BCUT2D eigenvalue weighted by atomic mass is 35.5. The van der Waals surface area contributed by atoms with E-state index in [1.54, 1.807) is 38.2 Å². The normalized spacial score (nSPS) is 12.2. The molecule has 0 saturated carbocycles. The summed E-state index contributed by atoms with van der Waals surface area (Å²) >= 11 is 11.8. The highest BCUT2D eigenvalue weighted by molar-refractivity contribution is 6.34. The molecular weight excluding hydrogens is 313 g/mol. The molecule has 0 saturated heterocycles. The van der Waals surface area contributed by atoms with Gasteiger partial charge in [-0.1, -0.05) is 30.1 Å². The molecule has 0 aliphatic rings. The average molecular weight is 330 g/mol. The highest BCUT2D eigenvalue weighted by Crippen LogP contribution is 2.19. The third kappa shape index (κ3) is 5.78. The Hall–Kier alpha value is -1.52. The Balaban J connectivity index is 2.67. The number of halogens is 2. The van der Waals surface area contributed by atoms with Crippen LogP contribution >= 0.6 is 23.2 Å². The van der Waals surface area contributed by atoms with E-state index in [2.05, 4.69) is 4.74 Å². The largest absolute Gasteiger partial charge is 0.469 e. The van der Waals surface area contributed by atoms with Crippen molar-refractivity contribution in [2.75, 3.05) is 20.7 Å². The molecule has 1 atom stereocenters. The Bertz CT molecular complexity index is 538. The van der Waals surface area contributed by atoms with Gasteiger partial charge >= 0.3 is 5.97 Å². The maximum Gasteiger partial charge on any atom is 0.310 e. The summed E-state index contributed by atoms with van der Waals surface area (Å²) in [5.41, 5.74) is 0.732. The van der Waals surface area contributed by atoms with Crippen molar-refractivity contribution in [2.45, 2.75) is 6.92 Å². The summed E-state index contributed by atoms with van der Waals surface area (Å²) < 4.78 is 4.62. The van der Waals surface area contributed by atoms with E-state index in [0.717, 1.165) is 5.56 Å². The van der Waals surface area contributed by atoms with Gasteiger partial charge in [0.1, 0.15) is 0 Å². The Morgan fingerprint density at radius 3 is 2.38 bits per heavy atom. The van der Waals surface area contributed by atoms with Crippen LogP contribution in [0.25, 0.3) is 6.08 Å². The van der Waals surface area contributed by atoms with Crippen molar-refractivity contribution in [3.8, 4) is 0 Å². The quantitative estimate of drug-likeness (QED) is 0.615. The van der Waals surface area contributed by atoms with E-state index in [4.69, 9.17) is 23.2 Å². The maximum absolute atomic E-state index is 12.0. The van der Waals surface area contributed by atoms with Gasteiger partial charge in [-0.2, -0.15) is 0 Å². The molecule has 1 amide bonds. The molecule has 1 rings (SSSR count). The monoisotopic (exact) mass is 329 g/mol. The molecule has 114 valence electrons. The van der Waals surface area contributed by atoms with Crippen LogP contribution in [0, 0.1) is 5.92 Å². The van der Waals surface area contributed by atoms with Gasteiger partial charge in [0.05, 0.1) is 13.0 Å². The third-order valence-electron chi connectivity index (χ3n) is 2.83. The van der Waals surface area contributed by atoms with E-state index in [-0.39, 0.29) is 24.3 Å². The number of hydrogen-bond donors (Lipinski definition) is 0. The van der Waals surface area contributed by atoms with Crippen molar-refractivity contribution in [3.05, 3.63) is 39.9 Å². The van der Waals surface area contributed by atoms with E-state index in [1.165, 1.54) is 18.1 Å². The standard InChI is InChI=1S/C15H17Cl2NO3/c1-10(15(20)21-3)9-18(2)14(19)5-4-11-6-12(16)8-13(17)7-11/h4-8,10H,9H2,1-3H3. The number of likely N-dealkylation sites (N-methyl/N-ethyl adjacent to an activating group) is 1. The number of carbonyl (C=O) groups is 2. The van der Waals surface area contributed by atoms with E-state index in [1.807, 2.05) is 0 Å². The fourth-order valence-corrected chi connectivity index (χ4v) is 2.29. The Morgan fingerprint density at radius 1 is 1.29 bits per heavy atom. The lowest BCUT2D eigenvalue weighted by Gasteiger charge is -2.18. The van der Waals surface area contributed by atoms with Crippen LogP contribution in [0.3, 0.4) is 0 Å². The molecule has 0 fully saturated rings. The SMILES string of the molecule is COC(=O)C(C)CN(C)C(=O)C=Cc1cc(Cl)cc(Cl)c1. The van der Waals surface area contributed by atoms with Crippen molar-refractivity contribution in [1.82, 2.24) is 4.90 Å². The minimum Gasteiger partial charge on any atom is -0.469 e. The second-order valence-electron chi connectivity index (χ2n) is 4.68. The first kappa shape index (κ1) is 17.5. The topological polar surface area (TPSA) is 46.6 Å². The molecule has 0 radical (unpaired) electrons. The third-order valence-corrected chi connectivity index (χ3v) is 3.27. The summed E-state index contributed by atoms with van der Waals surface area (Å²) in [6.45, 7) is 1.99. The predicted molar refractivity (Wildman–Crippen MR) is 84.3 cm³/mol. The molecular formula is C15H17Cl2NO3. The molecule has 1 aromatic rings. The summed E-state index contributed by atoms with van der Waals surface area (Å²) in [6, 6.07) is 5.02. The van der Waals surface area contributed by atoms with Gasteiger partial charge in [0.25, 0.3) is 0 Å². The molecule has 0 aliphatic carbocycles. The number of rotatable bonds is 5. The molecule has 0 N–H and O–H groups in total. The van der Waals surface area contributed by atoms with E-state index in [9.17, 15) is 9.59 Å². The molecule has 0 bridgehead atoms. The molecule has 0 aliphatic heterocycles. The van der Waals surface area contributed by atoms with Gasteiger partial charge in [0.15, 0.2) is 0 Å². The van der Waals surface area contributed by atoms with E-state index in [0.29, 0.717) is 10.0 Å². The van der Waals surface area contributed by atoms with Gasteiger partial charge in [0, 0.05) is 29.7 Å². The van der Waals surface area contributed by atoms with Crippen LogP contribution in [-0.2, 0) is 14.3 Å². The second kappa shape index (κ2) is 8.05. The van der Waals surface area contributed by atoms with Gasteiger partial charge in [-0.05, 0) is 29.8 Å². The fourth-order valence-electron chi connectivity index (χ4n) is 1.74. The van der Waals surface area contributed by atoms with Gasteiger partial charge in [0.2, 0.25) is 5.91 Å². The van der Waals surface area contributed by atoms with Gasteiger partial charge < -0.3 is 9.64 Å². The Kier molecular flexibility index (Phi) is 6.72. The first-order valence-corrected chi connectivity index (χ1v) is 7.06. The number of ether oxygens (including phenoxy) is 1. The molecule has 0 aromatic heterocycles. The molecule has 6 heteroatoms. The van der Waals surface area contributed by atoms with Crippen LogP contribution in [0.1, 0.15) is 12.5 Å². The minimum absolute atomic E-state index is 0.221. The van der Waals surface area contributed by atoms with Crippen LogP contribution in [-0.4, -0.2) is 37.5 Å².